The third-order valence-corrected chi connectivity index (χ3v) is 4.82. The van der Waals surface area contributed by atoms with Crippen molar-refractivity contribution in [2.75, 3.05) is 11.4 Å². The van der Waals surface area contributed by atoms with Crippen molar-refractivity contribution in [3.8, 4) is 6.07 Å². The van der Waals surface area contributed by atoms with Crippen LogP contribution in [0.5, 0.6) is 0 Å². The number of anilines is 1. The largest absolute Gasteiger partial charge is 0.269 e. The van der Waals surface area contributed by atoms with Crippen molar-refractivity contribution in [2.45, 2.75) is 4.90 Å². The highest BCUT2D eigenvalue weighted by Crippen LogP contribution is 2.26. The van der Waals surface area contributed by atoms with Gasteiger partial charge in [0.15, 0.2) is 11.6 Å². The van der Waals surface area contributed by atoms with Crippen molar-refractivity contribution in [2.24, 2.45) is 0 Å². The number of nitrogens with zero attached hydrogens (tertiary/aromatic N) is 2. The molecule has 0 amide bonds. The summed E-state index contributed by atoms with van der Waals surface area (Å²) in [7, 11) is -3.21. The molecule has 0 unspecified atom stereocenters. The number of hydrogen-bond acceptors (Lipinski definition) is 3. The minimum atomic E-state index is -4.31. The molecule has 0 saturated carbocycles. The van der Waals surface area contributed by atoms with Gasteiger partial charge in [0.25, 0.3) is 10.0 Å². The lowest BCUT2D eigenvalue weighted by Crippen LogP contribution is -2.27. The van der Waals surface area contributed by atoms with E-state index in [4.69, 9.17) is 5.26 Å². The maximum absolute atomic E-state index is 13.5. The minimum Gasteiger partial charge on any atom is -0.269 e. The molecule has 2 aromatic rings. The first-order valence-electron chi connectivity index (χ1n) is 5.91. The summed E-state index contributed by atoms with van der Waals surface area (Å²) in [5.74, 6) is -3.33. The van der Waals surface area contributed by atoms with E-state index in [0.29, 0.717) is 10.4 Å². The molecular formula is C14H9F3N2O2S. The van der Waals surface area contributed by atoms with Gasteiger partial charge in [0.05, 0.1) is 5.69 Å². The molecule has 0 radical (unpaired) electrons. The van der Waals surface area contributed by atoms with Gasteiger partial charge in [-0.1, -0.05) is 6.07 Å². The normalized spacial score (nSPS) is 11.0. The Morgan fingerprint density at radius 2 is 1.73 bits per heavy atom. The zero-order valence-electron chi connectivity index (χ0n) is 11.2. The maximum atomic E-state index is 13.5. The molecule has 0 atom stereocenters. The van der Waals surface area contributed by atoms with Crippen LogP contribution in [0.1, 0.15) is 5.56 Å². The second-order valence-electron chi connectivity index (χ2n) is 4.30. The highest BCUT2D eigenvalue weighted by Gasteiger charge is 2.26. The summed E-state index contributed by atoms with van der Waals surface area (Å²) in [5, 5.41) is 8.91. The highest BCUT2D eigenvalue weighted by molar-refractivity contribution is 7.92. The van der Waals surface area contributed by atoms with E-state index in [0.717, 1.165) is 37.4 Å². The zero-order valence-corrected chi connectivity index (χ0v) is 12.0. The van der Waals surface area contributed by atoms with Crippen molar-refractivity contribution in [1.29, 1.82) is 5.26 Å². The molecule has 0 aliphatic carbocycles. The molecule has 114 valence electrons. The van der Waals surface area contributed by atoms with Gasteiger partial charge in [-0.15, -0.1) is 0 Å². The van der Waals surface area contributed by atoms with Crippen molar-refractivity contribution in [3.63, 3.8) is 0 Å². The number of rotatable bonds is 3. The first-order chi connectivity index (χ1) is 10.3. The Balaban J connectivity index is 2.58. The summed E-state index contributed by atoms with van der Waals surface area (Å²) in [6.07, 6.45) is 0. The molecule has 4 nitrogen and oxygen atoms in total. The molecule has 22 heavy (non-hydrogen) atoms. The Morgan fingerprint density at radius 1 is 1.05 bits per heavy atom. The molecule has 0 bridgehead atoms. The fourth-order valence-corrected chi connectivity index (χ4v) is 3.13. The highest BCUT2D eigenvalue weighted by atomic mass is 32.2. The fraction of sp³-hybridized carbons (Fsp3) is 0.0714. The lowest BCUT2D eigenvalue weighted by Gasteiger charge is -2.20. The molecule has 0 aromatic heterocycles. The van der Waals surface area contributed by atoms with Crippen LogP contribution in [0.2, 0.25) is 0 Å². The number of benzene rings is 2. The SMILES string of the molecule is CN(c1ccc(F)c(F)c1)S(=O)(=O)c1cccc(F)c1C#N. The van der Waals surface area contributed by atoms with Gasteiger partial charge in [0.2, 0.25) is 0 Å². The number of sulfonamides is 1. The molecule has 2 aromatic carbocycles. The Hall–Kier alpha value is -2.53. The van der Waals surface area contributed by atoms with E-state index < -0.39 is 37.9 Å². The molecule has 0 aliphatic heterocycles. The monoisotopic (exact) mass is 326 g/mol. The summed E-state index contributed by atoms with van der Waals surface area (Å²) in [4.78, 5) is -0.553. The van der Waals surface area contributed by atoms with E-state index in [2.05, 4.69) is 0 Å². The summed E-state index contributed by atoms with van der Waals surface area (Å²) < 4.78 is 65.2. The van der Waals surface area contributed by atoms with Crippen molar-refractivity contribution in [3.05, 3.63) is 59.4 Å². The third-order valence-electron chi connectivity index (χ3n) is 2.99. The quantitative estimate of drug-likeness (QED) is 0.871. The van der Waals surface area contributed by atoms with Gasteiger partial charge >= 0.3 is 0 Å². The molecule has 0 aliphatic rings. The van der Waals surface area contributed by atoms with Crippen LogP contribution >= 0.6 is 0 Å². The van der Waals surface area contributed by atoms with Gasteiger partial charge in [-0.2, -0.15) is 5.26 Å². The predicted molar refractivity (Wildman–Crippen MR) is 73.1 cm³/mol. The minimum absolute atomic E-state index is 0.160. The Labute approximate surface area is 125 Å². The molecule has 8 heteroatoms. The van der Waals surface area contributed by atoms with Crippen molar-refractivity contribution < 1.29 is 21.6 Å². The number of halogens is 3. The predicted octanol–water partition coefficient (Wildman–Crippen LogP) is 2.80. The molecule has 0 fully saturated rings. The van der Waals surface area contributed by atoms with E-state index in [-0.39, 0.29) is 5.69 Å². The Morgan fingerprint density at radius 3 is 2.32 bits per heavy atom. The third kappa shape index (κ3) is 2.63. The van der Waals surface area contributed by atoms with Gasteiger partial charge in [-0.3, -0.25) is 4.31 Å². The lowest BCUT2D eigenvalue weighted by atomic mass is 10.2. The Kier molecular flexibility index (Phi) is 4.10. The van der Waals surface area contributed by atoms with Crippen LogP contribution in [0.15, 0.2) is 41.3 Å². The number of nitriles is 1. The van der Waals surface area contributed by atoms with Crippen LogP contribution in [0, 0.1) is 28.8 Å². The van der Waals surface area contributed by atoms with Crippen LogP contribution in [0.25, 0.3) is 0 Å². The average Bonchev–Trinajstić information content (AvgIpc) is 2.49. The topological polar surface area (TPSA) is 61.2 Å². The molecular weight excluding hydrogens is 317 g/mol. The van der Waals surface area contributed by atoms with Gasteiger partial charge in [-0.25, -0.2) is 21.6 Å². The van der Waals surface area contributed by atoms with Crippen LogP contribution in [0.3, 0.4) is 0 Å². The van der Waals surface area contributed by atoms with Gasteiger partial charge in [0, 0.05) is 13.1 Å². The lowest BCUT2D eigenvalue weighted by molar-refractivity contribution is 0.509. The maximum Gasteiger partial charge on any atom is 0.265 e. The summed E-state index contributed by atoms with van der Waals surface area (Å²) in [6, 6.07) is 7.16. The van der Waals surface area contributed by atoms with E-state index in [9.17, 15) is 21.6 Å². The van der Waals surface area contributed by atoms with Gasteiger partial charge in [-0.05, 0) is 24.3 Å². The zero-order chi connectivity index (χ0) is 16.5. The van der Waals surface area contributed by atoms with Gasteiger partial charge in [0.1, 0.15) is 22.3 Å². The van der Waals surface area contributed by atoms with Crippen LogP contribution in [0.4, 0.5) is 18.9 Å². The molecule has 2 rings (SSSR count). The molecule has 0 spiro atoms. The van der Waals surface area contributed by atoms with Gasteiger partial charge < -0.3 is 0 Å². The second-order valence-corrected chi connectivity index (χ2v) is 6.23. The first-order valence-corrected chi connectivity index (χ1v) is 7.35. The number of hydrogen-bond donors (Lipinski definition) is 0. The summed E-state index contributed by atoms with van der Waals surface area (Å²) >= 11 is 0. The second kappa shape index (κ2) is 5.69. The van der Waals surface area contributed by atoms with E-state index in [1.165, 1.54) is 6.07 Å². The van der Waals surface area contributed by atoms with Crippen molar-refractivity contribution in [1.82, 2.24) is 0 Å². The van der Waals surface area contributed by atoms with E-state index in [1.54, 1.807) is 0 Å². The van der Waals surface area contributed by atoms with Crippen LogP contribution in [-0.4, -0.2) is 15.5 Å². The standard InChI is InChI=1S/C14H9F3N2O2S/c1-19(9-5-6-12(16)13(17)7-9)22(20,21)14-4-2-3-11(15)10(14)8-18/h2-7H,1H3. The average molecular weight is 326 g/mol. The molecule has 0 heterocycles. The summed E-state index contributed by atoms with van der Waals surface area (Å²) in [5.41, 5.74) is -0.802. The first kappa shape index (κ1) is 15.9. The summed E-state index contributed by atoms with van der Waals surface area (Å²) in [6.45, 7) is 0. The van der Waals surface area contributed by atoms with Crippen LogP contribution in [-0.2, 0) is 10.0 Å². The Bertz CT molecular complexity index is 876. The van der Waals surface area contributed by atoms with Crippen molar-refractivity contribution >= 4 is 15.7 Å². The van der Waals surface area contributed by atoms with Crippen LogP contribution < -0.4 is 4.31 Å². The molecule has 0 N–H and O–H groups in total. The van der Waals surface area contributed by atoms with E-state index in [1.807, 2.05) is 0 Å². The smallest absolute Gasteiger partial charge is 0.265 e. The van der Waals surface area contributed by atoms with E-state index >= 15 is 0 Å². The molecule has 0 saturated heterocycles. The fourth-order valence-electron chi connectivity index (χ4n) is 1.80.